The Hall–Kier alpha value is -1.91. The van der Waals surface area contributed by atoms with Crippen molar-refractivity contribution in [3.8, 4) is 0 Å². The normalized spacial score (nSPS) is 22.9. The van der Waals surface area contributed by atoms with Crippen LogP contribution in [0, 0.1) is 5.92 Å². The number of nitrogens with zero attached hydrogens (tertiary/aromatic N) is 2. The Kier molecular flexibility index (Phi) is 4.02. The molecule has 1 saturated heterocycles. The van der Waals surface area contributed by atoms with E-state index >= 15 is 0 Å². The highest BCUT2D eigenvalue weighted by molar-refractivity contribution is 6.30. The summed E-state index contributed by atoms with van der Waals surface area (Å²) >= 11 is 5.88. The molecule has 0 unspecified atom stereocenters. The average Bonchev–Trinajstić information content (AvgIpc) is 2.56. The summed E-state index contributed by atoms with van der Waals surface area (Å²) in [6.07, 6.45) is 1.11. The molecular weight excluding hydrogens is 324 g/mol. The Morgan fingerprint density at radius 1 is 1.08 bits per heavy atom. The van der Waals surface area contributed by atoms with Crippen molar-refractivity contribution in [2.75, 3.05) is 19.6 Å². The van der Waals surface area contributed by atoms with Gasteiger partial charge in [0.25, 0.3) is 5.56 Å². The molecule has 2 aliphatic heterocycles. The quantitative estimate of drug-likeness (QED) is 0.805. The summed E-state index contributed by atoms with van der Waals surface area (Å²) in [6, 6.07) is 12.6. The van der Waals surface area contributed by atoms with Gasteiger partial charge in [-0.1, -0.05) is 17.7 Å². The molecule has 0 radical (unpaired) electrons. The van der Waals surface area contributed by atoms with E-state index in [4.69, 9.17) is 11.6 Å². The topological polar surface area (TPSA) is 42.3 Å². The van der Waals surface area contributed by atoms with Gasteiger partial charge in [0.05, 0.1) is 6.54 Å². The number of Topliss-reactive ketones (excluding diaryl/α,β-unsaturated/α-hetero) is 1. The molecule has 2 aliphatic rings. The fourth-order valence-corrected chi connectivity index (χ4v) is 4.18. The fraction of sp³-hybridized carbons (Fsp3) is 0.368. The van der Waals surface area contributed by atoms with Gasteiger partial charge in [0.2, 0.25) is 0 Å². The molecule has 0 amide bonds. The summed E-state index contributed by atoms with van der Waals surface area (Å²) in [7, 11) is 0. The van der Waals surface area contributed by atoms with E-state index < -0.39 is 0 Å². The number of likely N-dealkylation sites (tertiary alicyclic amines) is 1. The first kappa shape index (κ1) is 15.6. The van der Waals surface area contributed by atoms with E-state index in [1.807, 2.05) is 16.7 Å². The first-order valence-corrected chi connectivity index (χ1v) is 8.69. The number of hydrogen-bond acceptors (Lipinski definition) is 3. The zero-order chi connectivity index (χ0) is 16.7. The highest BCUT2D eigenvalue weighted by atomic mass is 35.5. The Balaban J connectivity index is 1.51. The SMILES string of the molecule is O=C(CN1C[C@H]2C[C@H](C1)c1cccc(=O)n1C2)c1ccc(Cl)cc1. The second kappa shape index (κ2) is 6.19. The molecule has 0 aliphatic carbocycles. The highest BCUT2D eigenvalue weighted by Gasteiger charge is 2.34. The smallest absolute Gasteiger partial charge is 0.250 e. The van der Waals surface area contributed by atoms with Gasteiger partial charge in [0.1, 0.15) is 0 Å². The number of aromatic nitrogens is 1. The zero-order valence-corrected chi connectivity index (χ0v) is 14.1. The molecule has 1 aromatic carbocycles. The summed E-state index contributed by atoms with van der Waals surface area (Å²) in [4.78, 5) is 26.8. The number of pyridine rings is 1. The molecule has 1 aromatic heterocycles. The average molecular weight is 343 g/mol. The number of piperidine rings is 1. The highest BCUT2D eigenvalue weighted by Crippen LogP contribution is 2.34. The lowest BCUT2D eigenvalue weighted by molar-refractivity contribution is 0.0817. The number of fused-ring (bicyclic) bond motifs is 4. The Labute approximate surface area is 145 Å². The van der Waals surface area contributed by atoms with Crippen molar-refractivity contribution in [2.24, 2.45) is 5.92 Å². The van der Waals surface area contributed by atoms with Crippen LogP contribution in [0.2, 0.25) is 5.02 Å². The van der Waals surface area contributed by atoms with Crippen LogP contribution in [0.15, 0.2) is 47.3 Å². The lowest BCUT2D eigenvalue weighted by atomic mass is 9.83. The number of ketones is 1. The summed E-state index contributed by atoms with van der Waals surface area (Å²) in [5.41, 5.74) is 1.90. The molecule has 2 atom stereocenters. The van der Waals surface area contributed by atoms with Gasteiger partial charge in [-0.2, -0.15) is 0 Å². The van der Waals surface area contributed by atoms with Gasteiger partial charge in [-0.3, -0.25) is 14.5 Å². The number of carbonyl (C=O) groups is 1. The van der Waals surface area contributed by atoms with Gasteiger partial charge in [0, 0.05) is 47.9 Å². The van der Waals surface area contributed by atoms with Gasteiger partial charge < -0.3 is 4.57 Å². The minimum Gasteiger partial charge on any atom is -0.312 e. The Morgan fingerprint density at radius 2 is 1.88 bits per heavy atom. The van der Waals surface area contributed by atoms with Crippen LogP contribution in [0.4, 0.5) is 0 Å². The van der Waals surface area contributed by atoms with Crippen molar-refractivity contribution in [3.05, 3.63) is 69.1 Å². The van der Waals surface area contributed by atoms with E-state index in [1.54, 1.807) is 30.3 Å². The Bertz CT molecular complexity index is 828. The van der Waals surface area contributed by atoms with Gasteiger partial charge in [-0.05, 0) is 42.7 Å². The molecule has 0 N–H and O–H groups in total. The number of halogens is 1. The molecule has 0 saturated carbocycles. The third-order valence-corrected chi connectivity index (χ3v) is 5.34. The second-order valence-electron chi connectivity index (χ2n) is 6.82. The van der Waals surface area contributed by atoms with Crippen LogP contribution in [-0.2, 0) is 6.54 Å². The maximum Gasteiger partial charge on any atom is 0.250 e. The van der Waals surface area contributed by atoms with Crippen LogP contribution in [0.1, 0.15) is 28.4 Å². The van der Waals surface area contributed by atoms with Crippen molar-refractivity contribution < 1.29 is 4.79 Å². The standard InChI is InChI=1S/C19H19ClN2O2/c20-16-6-4-14(5-7-16)18(23)12-21-9-13-8-15(11-21)17-2-1-3-19(24)22(17)10-13/h1-7,13,15H,8-12H2/t13-,15-/m1/s1. The van der Waals surface area contributed by atoms with E-state index in [9.17, 15) is 9.59 Å². The summed E-state index contributed by atoms with van der Waals surface area (Å²) in [5.74, 6) is 0.899. The third-order valence-electron chi connectivity index (χ3n) is 5.09. The van der Waals surface area contributed by atoms with Crippen LogP contribution in [0.3, 0.4) is 0 Å². The van der Waals surface area contributed by atoms with Gasteiger partial charge >= 0.3 is 0 Å². The van der Waals surface area contributed by atoms with Crippen molar-refractivity contribution in [2.45, 2.75) is 18.9 Å². The lowest BCUT2D eigenvalue weighted by Gasteiger charge is -2.42. The predicted molar refractivity (Wildman–Crippen MR) is 93.8 cm³/mol. The first-order valence-electron chi connectivity index (χ1n) is 8.31. The van der Waals surface area contributed by atoms with Crippen molar-refractivity contribution >= 4 is 17.4 Å². The Morgan fingerprint density at radius 3 is 2.67 bits per heavy atom. The predicted octanol–water partition coefficient (Wildman–Crippen LogP) is 2.80. The summed E-state index contributed by atoms with van der Waals surface area (Å²) in [5, 5.41) is 0.640. The van der Waals surface area contributed by atoms with Gasteiger partial charge in [-0.15, -0.1) is 0 Å². The van der Waals surface area contributed by atoms with Crippen molar-refractivity contribution in [3.63, 3.8) is 0 Å². The van der Waals surface area contributed by atoms with Gasteiger partial charge in [-0.25, -0.2) is 0 Å². The van der Waals surface area contributed by atoms with E-state index in [1.165, 1.54) is 0 Å². The number of carbonyl (C=O) groups excluding carboxylic acids is 1. The van der Waals surface area contributed by atoms with Crippen LogP contribution in [0.25, 0.3) is 0 Å². The molecule has 2 aromatic rings. The number of rotatable bonds is 3. The molecule has 5 heteroatoms. The third kappa shape index (κ3) is 2.92. The second-order valence-corrected chi connectivity index (χ2v) is 7.26. The number of hydrogen-bond donors (Lipinski definition) is 0. The molecule has 2 bridgehead atoms. The van der Waals surface area contributed by atoms with Crippen LogP contribution >= 0.6 is 11.6 Å². The number of benzene rings is 1. The van der Waals surface area contributed by atoms with E-state index in [2.05, 4.69) is 4.90 Å². The zero-order valence-electron chi connectivity index (χ0n) is 13.3. The molecule has 3 heterocycles. The first-order chi connectivity index (χ1) is 11.6. The summed E-state index contributed by atoms with van der Waals surface area (Å²) < 4.78 is 1.91. The molecule has 0 spiro atoms. The van der Waals surface area contributed by atoms with E-state index in [0.29, 0.717) is 29.0 Å². The summed E-state index contributed by atoms with van der Waals surface area (Å²) in [6.45, 7) is 2.89. The van der Waals surface area contributed by atoms with Crippen LogP contribution < -0.4 is 5.56 Å². The van der Waals surface area contributed by atoms with Gasteiger partial charge in [0.15, 0.2) is 5.78 Å². The monoisotopic (exact) mass is 342 g/mol. The fourth-order valence-electron chi connectivity index (χ4n) is 4.05. The molecule has 124 valence electrons. The minimum absolute atomic E-state index is 0.0906. The minimum atomic E-state index is 0.0906. The largest absolute Gasteiger partial charge is 0.312 e. The molecule has 4 rings (SSSR count). The van der Waals surface area contributed by atoms with Crippen LogP contribution in [0.5, 0.6) is 0 Å². The maximum atomic E-state index is 12.5. The molecule has 1 fully saturated rings. The molecule has 24 heavy (non-hydrogen) atoms. The lowest BCUT2D eigenvalue weighted by Crippen LogP contribution is -2.48. The van der Waals surface area contributed by atoms with E-state index in [0.717, 1.165) is 31.7 Å². The van der Waals surface area contributed by atoms with Crippen molar-refractivity contribution in [1.82, 2.24) is 9.47 Å². The molecule has 4 nitrogen and oxygen atoms in total. The maximum absolute atomic E-state index is 12.5. The van der Waals surface area contributed by atoms with Crippen LogP contribution in [-0.4, -0.2) is 34.9 Å². The molecular formula is C19H19ClN2O2. The van der Waals surface area contributed by atoms with E-state index in [-0.39, 0.29) is 11.3 Å². The van der Waals surface area contributed by atoms with Crippen molar-refractivity contribution in [1.29, 1.82) is 0 Å².